The molecular weight excluding hydrogens is 390 g/mol. The molecule has 0 aromatic rings. The molecule has 0 aromatic carbocycles. The fourth-order valence-electron chi connectivity index (χ4n) is 2.20. The summed E-state index contributed by atoms with van der Waals surface area (Å²) in [6.07, 6.45) is 11.3. The second kappa shape index (κ2) is 14.7. The van der Waals surface area contributed by atoms with Crippen molar-refractivity contribution in [1.29, 1.82) is 0 Å². The van der Waals surface area contributed by atoms with Crippen molar-refractivity contribution in [3.05, 3.63) is 23.3 Å². The molecule has 0 saturated heterocycles. The van der Waals surface area contributed by atoms with Crippen LogP contribution in [0.5, 0.6) is 0 Å². The van der Waals surface area contributed by atoms with Gasteiger partial charge in [-0.2, -0.15) is 4.31 Å². The lowest BCUT2D eigenvalue weighted by Crippen LogP contribution is -1.99. The van der Waals surface area contributed by atoms with E-state index < -0.39 is 15.6 Å². The molecule has 0 fully saturated rings. The van der Waals surface area contributed by atoms with Gasteiger partial charge in [-0.25, -0.2) is 9.13 Å². The van der Waals surface area contributed by atoms with Gasteiger partial charge in [0.1, 0.15) is 0 Å². The monoisotopic (exact) mass is 426 g/mol. The van der Waals surface area contributed by atoms with Crippen LogP contribution in [-0.4, -0.2) is 23.0 Å². The minimum Gasteiger partial charge on any atom is -0.302 e. The SMILES string of the molecule is CCCCCCCCOP(=O)(O)OP(=O)(O)OC/C=C(\C)CCC=C(C)C. The number of phosphoric ester groups is 2. The van der Waals surface area contributed by atoms with Crippen molar-refractivity contribution in [2.24, 2.45) is 0 Å². The zero-order valence-corrected chi connectivity index (χ0v) is 18.8. The van der Waals surface area contributed by atoms with Crippen LogP contribution in [0.15, 0.2) is 23.3 Å². The standard InChI is InChI=1S/C18H36O7P2/c1-5-6-7-8-9-10-15-23-26(19,20)25-27(21,22)24-16-14-18(4)13-11-12-17(2)3/h12,14H,5-11,13,15-16H2,1-4H3,(H,19,20)(H,21,22)/b18-14+. The zero-order valence-electron chi connectivity index (χ0n) is 17.1. The summed E-state index contributed by atoms with van der Waals surface area (Å²) in [5, 5.41) is 0. The summed E-state index contributed by atoms with van der Waals surface area (Å²) in [6.45, 7) is 7.84. The third-order valence-corrected chi connectivity index (χ3v) is 6.35. The van der Waals surface area contributed by atoms with Gasteiger partial charge >= 0.3 is 15.6 Å². The minimum absolute atomic E-state index is 0.0106. The van der Waals surface area contributed by atoms with Gasteiger partial charge < -0.3 is 9.79 Å². The third kappa shape index (κ3) is 17.6. The molecule has 9 heteroatoms. The first kappa shape index (κ1) is 26.7. The maximum atomic E-state index is 11.8. The Morgan fingerprint density at radius 1 is 0.889 bits per heavy atom. The molecule has 0 spiro atoms. The van der Waals surface area contributed by atoms with Crippen LogP contribution >= 0.6 is 15.6 Å². The second-order valence-corrected chi connectivity index (χ2v) is 9.83. The third-order valence-electron chi connectivity index (χ3n) is 3.72. The van der Waals surface area contributed by atoms with Crippen LogP contribution < -0.4 is 0 Å². The molecule has 0 aliphatic carbocycles. The molecule has 0 aromatic heterocycles. The highest BCUT2D eigenvalue weighted by Gasteiger charge is 2.34. The highest BCUT2D eigenvalue weighted by Crippen LogP contribution is 2.60. The van der Waals surface area contributed by atoms with Gasteiger partial charge in [-0.15, -0.1) is 0 Å². The summed E-state index contributed by atoms with van der Waals surface area (Å²) in [5.41, 5.74) is 2.21. The summed E-state index contributed by atoms with van der Waals surface area (Å²) in [5.74, 6) is 0. The first-order valence-corrected chi connectivity index (χ1v) is 12.5. The van der Waals surface area contributed by atoms with Crippen LogP contribution in [0, 0.1) is 0 Å². The number of hydrogen-bond acceptors (Lipinski definition) is 5. The quantitative estimate of drug-likeness (QED) is 0.170. The average molecular weight is 426 g/mol. The predicted molar refractivity (Wildman–Crippen MR) is 108 cm³/mol. The molecule has 0 saturated carbocycles. The predicted octanol–water partition coefficient (Wildman–Crippen LogP) is 6.29. The zero-order chi connectivity index (χ0) is 20.8. The van der Waals surface area contributed by atoms with Gasteiger partial charge in [0.25, 0.3) is 0 Å². The lowest BCUT2D eigenvalue weighted by atomic mass is 10.1. The van der Waals surface area contributed by atoms with Crippen molar-refractivity contribution in [3.63, 3.8) is 0 Å². The molecule has 7 nitrogen and oxygen atoms in total. The normalized spacial score (nSPS) is 16.6. The Hall–Kier alpha value is -0.260. The minimum atomic E-state index is -4.68. The summed E-state index contributed by atoms with van der Waals surface area (Å²) < 4.78 is 37.3. The Balaban J connectivity index is 4.14. The molecule has 0 amide bonds. The van der Waals surface area contributed by atoms with Gasteiger partial charge in [-0.3, -0.25) is 9.05 Å². The molecule has 2 atom stereocenters. The largest absolute Gasteiger partial charge is 0.481 e. The number of allylic oxidation sites excluding steroid dienone is 3. The summed E-state index contributed by atoms with van der Waals surface area (Å²) in [6, 6.07) is 0. The Bertz CT molecular complexity index is 554. The first-order valence-electron chi connectivity index (χ1n) is 9.53. The molecule has 2 unspecified atom stereocenters. The van der Waals surface area contributed by atoms with Gasteiger partial charge in [0.2, 0.25) is 0 Å². The summed E-state index contributed by atoms with van der Waals surface area (Å²) in [4.78, 5) is 19.1. The molecule has 27 heavy (non-hydrogen) atoms. The molecular formula is C18H36O7P2. The Morgan fingerprint density at radius 3 is 2.11 bits per heavy atom. The van der Waals surface area contributed by atoms with E-state index in [9.17, 15) is 18.9 Å². The topological polar surface area (TPSA) is 102 Å². The lowest BCUT2D eigenvalue weighted by molar-refractivity contribution is 0.160. The van der Waals surface area contributed by atoms with E-state index in [1.54, 1.807) is 6.08 Å². The van der Waals surface area contributed by atoms with Gasteiger partial charge in [-0.1, -0.05) is 62.3 Å². The van der Waals surface area contributed by atoms with Crippen molar-refractivity contribution in [2.45, 2.75) is 79.1 Å². The van der Waals surface area contributed by atoms with E-state index in [1.807, 2.05) is 20.8 Å². The number of phosphoric acid groups is 2. The molecule has 0 aliphatic heterocycles. The maximum Gasteiger partial charge on any atom is 0.481 e. The van der Waals surface area contributed by atoms with E-state index in [0.29, 0.717) is 6.42 Å². The molecule has 0 heterocycles. The van der Waals surface area contributed by atoms with Gasteiger partial charge in [0.05, 0.1) is 13.2 Å². The van der Waals surface area contributed by atoms with Crippen LogP contribution in [0.25, 0.3) is 0 Å². The van der Waals surface area contributed by atoms with Crippen LogP contribution in [0.2, 0.25) is 0 Å². The van der Waals surface area contributed by atoms with Crippen LogP contribution in [0.3, 0.4) is 0 Å². The molecule has 160 valence electrons. The number of unbranched alkanes of at least 4 members (excludes halogenated alkanes) is 5. The Morgan fingerprint density at radius 2 is 1.48 bits per heavy atom. The molecule has 0 radical (unpaired) electrons. The smallest absolute Gasteiger partial charge is 0.302 e. The average Bonchev–Trinajstić information content (AvgIpc) is 2.52. The van der Waals surface area contributed by atoms with Crippen molar-refractivity contribution >= 4 is 15.6 Å². The van der Waals surface area contributed by atoms with Crippen molar-refractivity contribution in [1.82, 2.24) is 0 Å². The highest BCUT2D eigenvalue weighted by molar-refractivity contribution is 7.61. The summed E-state index contributed by atoms with van der Waals surface area (Å²) >= 11 is 0. The van der Waals surface area contributed by atoms with Gasteiger partial charge in [-0.05, 0) is 40.0 Å². The molecule has 0 bridgehead atoms. The van der Waals surface area contributed by atoms with Crippen LogP contribution in [-0.2, 0) is 22.5 Å². The maximum absolute atomic E-state index is 11.8. The van der Waals surface area contributed by atoms with E-state index >= 15 is 0 Å². The Labute approximate surface area is 164 Å². The summed E-state index contributed by atoms with van der Waals surface area (Å²) in [7, 11) is -9.31. The van der Waals surface area contributed by atoms with E-state index in [4.69, 9.17) is 9.05 Å². The highest BCUT2D eigenvalue weighted by atomic mass is 31.3. The van der Waals surface area contributed by atoms with Crippen LogP contribution in [0.4, 0.5) is 0 Å². The van der Waals surface area contributed by atoms with Gasteiger partial charge in [0, 0.05) is 0 Å². The molecule has 2 N–H and O–H groups in total. The second-order valence-electron chi connectivity index (χ2n) is 6.79. The van der Waals surface area contributed by atoms with Crippen LogP contribution in [0.1, 0.15) is 79.1 Å². The van der Waals surface area contributed by atoms with E-state index in [1.165, 1.54) is 5.57 Å². The Kier molecular flexibility index (Phi) is 14.6. The fraction of sp³-hybridized carbons (Fsp3) is 0.778. The van der Waals surface area contributed by atoms with Crippen molar-refractivity contribution in [3.8, 4) is 0 Å². The van der Waals surface area contributed by atoms with Crippen molar-refractivity contribution < 1.29 is 32.3 Å². The lowest BCUT2D eigenvalue weighted by Gasteiger charge is -2.15. The number of hydrogen-bond donors (Lipinski definition) is 2. The van der Waals surface area contributed by atoms with E-state index in [0.717, 1.165) is 50.5 Å². The molecule has 0 aliphatic rings. The van der Waals surface area contributed by atoms with Crippen molar-refractivity contribution in [2.75, 3.05) is 13.2 Å². The van der Waals surface area contributed by atoms with E-state index in [2.05, 4.69) is 17.3 Å². The van der Waals surface area contributed by atoms with Gasteiger partial charge in [0.15, 0.2) is 0 Å². The fourth-order valence-corrected chi connectivity index (χ4v) is 4.25. The molecule has 0 rings (SSSR count). The number of rotatable bonds is 16. The van der Waals surface area contributed by atoms with E-state index in [-0.39, 0.29) is 13.2 Å². The first-order chi connectivity index (χ1) is 12.6.